The first-order valence-electron chi connectivity index (χ1n) is 14.8. The van der Waals surface area contributed by atoms with Gasteiger partial charge in [-0.25, -0.2) is 0 Å². The number of nitrogens with zero attached hydrogens (tertiary/aromatic N) is 1. The summed E-state index contributed by atoms with van der Waals surface area (Å²) in [6, 6.07) is 40.3. The van der Waals surface area contributed by atoms with Gasteiger partial charge >= 0.3 is 0 Å². The molecule has 0 aliphatic carbocycles. The maximum atomic E-state index is 6.44. The van der Waals surface area contributed by atoms with Crippen molar-refractivity contribution in [3.05, 3.63) is 126 Å². The van der Waals surface area contributed by atoms with Crippen LogP contribution in [0.25, 0.3) is 11.1 Å². The average molecular weight is 586 g/mol. The van der Waals surface area contributed by atoms with Crippen molar-refractivity contribution in [1.82, 2.24) is 0 Å². The van der Waals surface area contributed by atoms with E-state index in [0.717, 1.165) is 22.5 Å². The Kier molecular flexibility index (Phi) is 5.62. The van der Waals surface area contributed by atoms with Gasteiger partial charge in [-0.3, -0.25) is 0 Å². The molecule has 0 bridgehead atoms. The third-order valence-electron chi connectivity index (χ3n) is 8.50. The van der Waals surface area contributed by atoms with Crippen molar-refractivity contribution in [2.45, 2.75) is 23.6 Å². The molecule has 3 heterocycles. The molecule has 6 aromatic rings. The molecule has 6 aromatic carbocycles. The molecule has 0 atom stereocenters. The number of hydrogen-bond donors (Lipinski definition) is 1. The average Bonchev–Trinajstić information content (AvgIpc) is 3.04. The van der Waals surface area contributed by atoms with E-state index in [4.69, 9.17) is 9.47 Å². The van der Waals surface area contributed by atoms with Crippen molar-refractivity contribution in [1.29, 1.82) is 0 Å². The summed E-state index contributed by atoms with van der Waals surface area (Å²) in [5, 5.41) is 3.75. The summed E-state index contributed by atoms with van der Waals surface area (Å²) >= 11 is 1.84. The van der Waals surface area contributed by atoms with E-state index in [1.165, 1.54) is 48.9 Å². The van der Waals surface area contributed by atoms with E-state index in [9.17, 15) is 0 Å². The van der Waals surface area contributed by atoms with Gasteiger partial charge in [-0.1, -0.05) is 77.9 Å². The number of ether oxygens (including phenoxy) is 2. The van der Waals surface area contributed by atoms with Crippen LogP contribution in [0.4, 0.5) is 28.4 Å². The fraction of sp³-hybridized carbons (Fsp3) is 0.0526. The molecule has 0 fully saturated rings. The molecule has 0 unspecified atom stereocenters. The van der Waals surface area contributed by atoms with Crippen molar-refractivity contribution in [2.75, 3.05) is 10.2 Å². The Labute approximate surface area is 261 Å². The van der Waals surface area contributed by atoms with Crippen molar-refractivity contribution in [3.8, 4) is 34.1 Å². The molecule has 1 radical (unpaired) electrons. The zero-order valence-electron chi connectivity index (χ0n) is 24.2. The maximum absolute atomic E-state index is 6.44. The smallest absolute Gasteiger partial charge is 0.197 e. The molecular formula is C38H26BN2O2S. The Morgan fingerprint density at radius 1 is 0.614 bits per heavy atom. The standard InChI is InChI=1S/C38H26BN2O2S/c1-22-18-25(37-30(19-22)41-29-13-5-8-16-35(29)44-36-17-9-11-26(39-37)38(36)41)24-20-33-34(43-32-15-7-6-14-31(32)42-33)21-28(24)40-27-12-4-3-10-23(27)2/h3-21,40H,1-2H3. The van der Waals surface area contributed by atoms with Crippen LogP contribution in [-0.2, 0) is 0 Å². The zero-order chi connectivity index (χ0) is 29.4. The van der Waals surface area contributed by atoms with Crippen LogP contribution in [-0.4, -0.2) is 7.28 Å². The first-order chi connectivity index (χ1) is 21.6. The largest absolute Gasteiger partial charge is 0.449 e. The van der Waals surface area contributed by atoms with Gasteiger partial charge in [0.15, 0.2) is 30.3 Å². The Balaban J connectivity index is 1.28. The number of nitrogens with one attached hydrogen (secondary N) is 1. The highest BCUT2D eigenvalue weighted by atomic mass is 32.2. The molecule has 6 heteroatoms. The molecule has 209 valence electrons. The monoisotopic (exact) mass is 585 g/mol. The normalized spacial score (nSPS) is 13.2. The highest BCUT2D eigenvalue weighted by molar-refractivity contribution is 7.99. The summed E-state index contributed by atoms with van der Waals surface area (Å²) in [6.07, 6.45) is 0. The highest BCUT2D eigenvalue weighted by Gasteiger charge is 2.34. The molecule has 4 nitrogen and oxygen atoms in total. The molecule has 3 aliphatic heterocycles. The van der Waals surface area contributed by atoms with Gasteiger partial charge in [0.25, 0.3) is 0 Å². The third-order valence-corrected chi connectivity index (χ3v) is 9.62. The molecule has 3 aliphatic rings. The molecule has 0 aromatic heterocycles. The number of benzene rings is 6. The Bertz CT molecular complexity index is 2160. The van der Waals surface area contributed by atoms with Gasteiger partial charge in [0, 0.05) is 32.8 Å². The van der Waals surface area contributed by atoms with Gasteiger partial charge in [0.1, 0.15) is 0 Å². The number of hydrogen-bond acceptors (Lipinski definition) is 5. The van der Waals surface area contributed by atoms with E-state index in [1.54, 1.807) is 0 Å². The van der Waals surface area contributed by atoms with Crippen LogP contribution in [0.2, 0.25) is 0 Å². The molecule has 9 rings (SSSR count). The second-order valence-electron chi connectivity index (χ2n) is 11.4. The Morgan fingerprint density at radius 3 is 2.18 bits per heavy atom. The second kappa shape index (κ2) is 9.73. The molecule has 0 saturated heterocycles. The van der Waals surface area contributed by atoms with Gasteiger partial charge in [-0.05, 0) is 84.5 Å². The van der Waals surface area contributed by atoms with E-state index >= 15 is 0 Å². The minimum Gasteiger partial charge on any atom is -0.449 e. The van der Waals surface area contributed by atoms with E-state index in [0.29, 0.717) is 23.0 Å². The van der Waals surface area contributed by atoms with Crippen LogP contribution < -0.4 is 30.6 Å². The lowest BCUT2D eigenvalue weighted by Gasteiger charge is -2.40. The van der Waals surface area contributed by atoms with Crippen LogP contribution in [0.5, 0.6) is 23.0 Å². The van der Waals surface area contributed by atoms with Crippen LogP contribution in [0.15, 0.2) is 125 Å². The molecule has 44 heavy (non-hydrogen) atoms. The summed E-state index contributed by atoms with van der Waals surface area (Å²) in [4.78, 5) is 4.98. The predicted molar refractivity (Wildman–Crippen MR) is 181 cm³/mol. The summed E-state index contributed by atoms with van der Waals surface area (Å²) in [7, 11) is 2.34. The quantitative estimate of drug-likeness (QED) is 0.209. The maximum Gasteiger partial charge on any atom is 0.197 e. The lowest BCUT2D eigenvalue weighted by Crippen LogP contribution is -2.42. The lowest BCUT2D eigenvalue weighted by atomic mass is 9.58. The summed E-state index contributed by atoms with van der Waals surface area (Å²) in [5.74, 6) is 2.81. The third kappa shape index (κ3) is 3.95. The van der Waals surface area contributed by atoms with Crippen LogP contribution in [0, 0.1) is 13.8 Å². The van der Waals surface area contributed by atoms with E-state index in [1.807, 2.05) is 36.0 Å². The van der Waals surface area contributed by atoms with Gasteiger partial charge in [0.2, 0.25) is 0 Å². The highest BCUT2D eigenvalue weighted by Crippen LogP contribution is 2.53. The molecule has 0 amide bonds. The fourth-order valence-electron chi connectivity index (χ4n) is 6.45. The minimum atomic E-state index is 0.686. The minimum absolute atomic E-state index is 0.686. The number of rotatable bonds is 3. The SMILES string of the molecule is Cc1cc(-c2cc3c(cc2Nc2ccccc2C)Oc2ccccc2O3)c2c(c1)N1c3ccccc3Sc3cccc(c31)[B]2. The topological polar surface area (TPSA) is 33.7 Å². The van der Waals surface area contributed by atoms with Gasteiger partial charge < -0.3 is 19.7 Å². The van der Waals surface area contributed by atoms with Gasteiger partial charge in [-0.2, -0.15) is 0 Å². The first kappa shape index (κ1) is 25.4. The summed E-state index contributed by atoms with van der Waals surface area (Å²) < 4.78 is 12.8. The number of para-hydroxylation sites is 5. The molecule has 0 saturated carbocycles. The van der Waals surface area contributed by atoms with Crippen molar-refractivity contribution < 1.29 is 9.47 Å². The van der Waals surface area contributed by atoms with Crippen LogP contribution in [0.3, 0.4) is 0 Å². The number of aryl methyl sites for hydroxylation is 2. The summed E-state index contributed by atoms with van der Waals surface area (Å²) in [6.45, 7) is 4.30. The number of anilines is 5. The van der Waals surface area contributed by atoms with E-state index in [-0.39, 0.29) is 0 Å². The van der Waals surface area contributed by atoms with Crippen LogP contribution >= 0.6 is 11.8 Å². The van der Waals surface area contributed by atoms with E-state index < -0.39 is 0 Å². The second-order valence-corrected chi connectivity index (χ2v) is 12.5. The molecule has 0 spiro atoms. The van der Waals surface area contributed by atoms with Crippen LogP contribution in [0.1, 0.15) is 11.1 Å². The lowest BCUT2D eigenvalue weighted by molar-refractivity contribution is 0.360. The Morgan fingerprint density at radius 2 is 1.34 bits per heavy atom. The molecule has 1 N–H and O–H groups in total. The summed E-state index contributed by atoms with van der Waals surface area (Å²) in [5.41, 5.74) is 12.6. The first-order valence-corrected chi connectivity index (χ1v) is 15.6. The zero-order valence-corrected chi connectivity index (χ0v) is 25.0. The fourth-order valence-corrected chi connectivity index (χ4v) is 7.55. The van der Waals surface area contributed by atoms with Crippen molar-refractivity contribution >= 4 is 58.4 Å². The van der Waals surface area contributed by atoms with Gasteiger partial charge in [0.05, 0.1) is 17.1 Å². The molecular weight excluding hydrogens is 559 g/mol. The number of fused-ring (bicyclic) bond motifs is 6. The van der Waals surface area contributed by atoms with Crippen molar-refractivity contribution in [3.63, 3.8) is 0 Å². The van der Waals surface area contributed by atoms with E-state index in [2.05, 4.69) is 122 Å². The van der Waals surface area contributed by atoms with Gasteiger partial charge in [-0.15, -0.1) is 0 Å². The Hall–Kier alpha value is -5.07. The van der Waals surface area contributed by atoms with Crippen molar-refractivity contribution in [2.24, 2.45) is 0 Å². The predicted octanol–water partition coefficient (Wildman–Crippen LogP) is 9.51.